The van der Waals surface area contributed by atoms with Crippen LogP contribution in [0.5, 0.6) is 0 Å². The van der Waals surface area contributed by atoms with Crippen LogP contribution in [0.2, 0.25) is 0 Å². The molecule has 4 nitrogen and oxygen atoms in total. The molecule has 1 aromatic heterocycles. The molecule has 0 spiro atoms. The van der Waals surface area contributed by atoms with Crippen molar-refractivity contribution in [1.82, 2.24) is 14.5 Å². The molecule has 3 heterocycles. The number of imidazole rings is 1. The van der Waals surface area contributed by atoms with Gasteiger partial charge in [0.05, 0.1) is 17.1 Å². The van der Waals surface area contributed by atoms with Gasteiger partial charge in [-0.2, -0.15) is 0 Å². The third-order valence-corrected chi connectivity index (χ3v) is 10.6. The summed E-state index contributed by atoms with van der Waals surface area (Å²) in [5, 5.41) is 0. The number of hydrogen-bond donors (Lipinski definition) is 0. The molecule has 2 atom stereocenters. The van der Waals surface area contributed by atoms with Crippen LogP contribution in [0.3, 0.4) is 0 Å². The Kier molecular flexibility index (Phi) is 7.92. The fourth-order valence-electron chi connectivity index (χ4n) is 7.91. The van der Waals surface area contributed by atoms with E-state index in [0.29, 0.717) is 0 Å². The van der Waals surface area contributed by atoms with Gasteiger partial charge in [-0.1, -0.05) is 146 Å². The van der Waals surface area contributed by atoms with Gasteiger partial charge >= 0.3 is 0 Å². The van der Waals surface area contributed by atoms with Crippen LogP contribution in [0.1, 0.15) is 23.2 Å². The molecule has 7 aromatic carbocycles. The molecule has 0 radical (unpaired) electrons. The van der Waals surface area contributed by atoms with Gasteiger partial charge in [0.15, 0.2) is 0 Å². The summed E-state index contributed by atoms with van der Waals surface area (Å²) in [5.41, 5.74) is 13.8. The zero-order chi connectivity index (χ0) is 35.8. The number of hydrogen-bond acceptors (Lipinski definition) is 3. The van der Waals surface area contributed by atoms with Gasteiger partial charge in [0.25, 0.3) is 0 Å². The normalized spacial score (nSPS) is 16.1. The Morgan fingerprint density at radius 1 is 0.444 bits per heavy atom. The van der Waals surface area contributed by atoms with E-state index < -0.39 is 0 Å². The first kappa shape index (κ1) is 31.7. The average molecular weight is 693 g/mol. The lowest BCUT2D eigenvalue weighted by atomic mass is 9.90. The summed E-state index contributed by atoms with van der Waals surface area (Å²) in [6.45, 7) is 0. The lowest BCUT2D eigenvalue weighted by molar-refractivity contribution is 0.396. The monoisotopic (exact) mass is 692 g/mol. The van der Waals surface area contributed by atoms with E-state index in [1.807, 2.05) is 12.1 Å². The van der Waals surface area contributed by atoms with E-state index in [4.69, 9.17) is 9.98 Å². The molecule has 8 aromatic rings. The van der Waals surface area contributed by atoms with E-state index in [2.05, 4.69) is 204 Å². The summed E-state index contributed by atoms with van der Waals surface area (Å²) in [6, 6.07) is 65.1. The summed E-state index contributed by atoms with van der Waals surface area (Å²) in [5.74, 6) is 1.94. The number of rotatable bonds is 7. The zero-order valence-corrected chi connectivity index (χ0v) is 29.6. The molecular formula is C50H36N4. The predicted octanol–water partition coefficient (Wildman–Crippen LogP) is 12.3. The largest absolute Gasteiger partial charge is 0.323 e. The minimum Gasteiger partial charge on any atom is -0.323 e. The minimum atomic E-state index is 0.0134. The first-order chi connectivity index (χ1) is 26.8. The number of para-hydroxylation sites is 2. The lowest BCUT2D eigenvalue weighted by Crippen LogP contribution is -2.26. The molecule has 0 saturated heterocycles. The number of nitrogens with zero attached hydrogens (tertiary/aromatic N) is 4. The quantitative estimate of drug-likeness (QED) is 0.167. The molecule has 0 bridgehead atoms. The van der Waals surface area contributed by atoms with Gasteiger partial charge in [0, 0.05) is 17.5 Å². The van der Waals surface area contributed by atoms with Gasteiger partial charge < -0.3 is 4.90 Å². The maximum Gasteiger partial charge on any atom is 0.145 e. The topological polar surface area (TPSA) is 33.4 Å². The van der Waals surface area contributed by atoms with Crippen LogP contribution < -0.4 is 0 Å². The third kappa shape index (κ3) is 5.75. The molecule has 0 fully saturated rings. The average Bonchev–Trinajstić information content (AvgIpc) is 3.84. The predicted molar refractivity (Wildman–Crippen MR) is 222 cm³/mol. The summed E-state index contributed by atoms with van der Waals surface area (Å²) >= 11 is 0. The Morgan fingerprint density at radius 3 is 1.67 bits per heavy atom. The minimum absolute atomic E-state index is 0.0134. The molecule has 0 N–H and O–H groups in total. The molecule has 2 aliphatic heterocycles. The van der Waals surface area contributed by atoms with Gasteiger partial charge in [0.1, 0.15) is 17.7 Å². The smallest absolute Gasteiger partial charge is 0.145 e. The Labute approximate surface area is 315 Å². The molecule has 4 heteroatoms. The molecule has 256 valence electrons. The van der Waals surface area contributed by atoms with Gasteiger partial charge in [-0.3, -0.25) is 9.56 Å². The van der Waals surface area contributed by atoms with Crippen molar-refractivity contribution in [2.45, 2.75) is 12.1 Å². The van der Waals surface area contributed by atoms with Crippen molar-refractivity contribution in [3.05, 3.63) is 218 Å². The fourth-order valence-corrected chi connectivity index (χ4v) is 7.91. The van der Waals surface area contributed by atoms with E-state index in [1.165, 1.54) is 38.9 Å². The summed E-state index contributed by atoms with van der Waals surface area (Å²) in [7, 11) is 0. The number of benzene rings is 7. The lowest BCUT2D eigenvalue weighted by Gasteiger charge is -2.28. The van der Waals surface area contributed by atoms with Crippen LogP contribution in [0.4, 0.5) is 0 Å². The SMILES string of the molecule is C1=CC2=NC(c3ccccc3)C(c3ccc(-c4cc(-c5ccccc5)cc(-c5ccc(-n6c(-c7ccccc7)nc7ccccc76)cc5)c4)cc3)N2C=C1. The first-order valence-electron chi connectivity index (χ1n) is 18.5. The van der Waals surface area contributed by atoms with Crippen LogP contribution >= 0.6 is 0 Å². The second kappa shape index (κ2) is 13.5. The third-order valence-electron chi connectivity index (χ3n) is 10.6. The highest BCUT2D eigenvalue weighted by molar-refractivity contribution is 5.97. The van der Waals surface area contributed by atoms with Crippen LogP contribution in [0, 0.1) is 0 Å². The van der Waals surface area contributed by atoms with Gasteiger partial charge in [-0.15, -0.1) is 0 Å². The van der Waals surface area contributed by atoms with Crippen LogP contribution in [0.25, 0.3) is 61.5 Å². The molecular weight excluding hydrogens is 657 g/mol. The van der Waals surface area contributed by atoms with Crippen molar-refractivity contribution in [2.24, 2.45) is 4.99 Å². The van der Waals surface area contributed by atoms with Crippen molar-refractivity contribution >= 4 is 16.9 Å². The van der Waals surface area contributed by atoms with E-state index in [1.54, 1.807) is 0 Å². The van der Waals surface area contributed by atoms with E-state index in [9.17, 15) is 0 Å². The fraction of sp³-hybridized carbons (Fsp3) is 0.0400. The van der Waals surface area contributed by atoms with Crippen molar-refractivity contribution < 1.29 is 0 Å². The highest BCUT2D eigenvalue weighted by Crippen LogP contribution is 2.44. The summed E-state index contributed by atoms with van der Waals surface area (Å²) < 4.78 is 2.26. The Bertz CT molecular complexity index is 2690. The first-order valence-corrected chi connectivity index (χ1v) is 18.5. The molecule has 0 amide bonds. The summed E-state index contributed by atoms with van der Waals surface area (Å²) in [6.07, 6.45) is 8.42. The van der Waals surface area contributed by atoms with Crippen LogP contribution in [0.15, 0.2) is 211 Å². The Hall–Kier alpha value is -7.04. The number of aliphatic imine (C=N–C) groups is 1. The molecule has 0 saturated carbocycles. The molecule has 2 aliphatic rings. The maximum atomic E-state index is 5.17. The number of aromatic nitrogens is 2. The van der Waals surface area contributed by atoms with E-state index in [-0.39, 0.29) is 12.1 Å². The van der Waals surface area contributed by atoms with Gasteiger partial charge in [-0.25, -0.2) is 4.98 Å². The van der Waals surface area contributed by atoms with Gasteiger partial charge in [-0.05, 0) is 99.1 Å². The standard InChI is InChI=1S/C50H36N4/c1-4-14-35(15-5-1)41-32-42(36-23-25-39(26-24-36)49-48(38-16-6-2-7-17-38)52-47-22-12-13-31-53(47)49)34-43(33-41)37-27-29-44(30-28-37)54-46-21-11-10-20-45(46)51-50(54)40-18-8-3-9-19-40/h1-34,48-49H. The second-order valence-corrected chi connectivity index (χ2v) is 13.9. The highest BCUT2D eigenvalue weighted by Gasteiger charge is 2.36. The number of fused-ring (bicyclic) bond motifs is 2. The maximum absolute atomic E-state index is 5.17. The van der Waals surface area contributed by atoms with Gasteiger partial charge in [0.2, 0.25) is 0 Å². The highest BCUT2D eigenvalue weighted by atomic mass is 15.3. The van der Waals surface area contributed by atoms with Crippen molar-refractivity contribution in [3.8, 4) is 50.5 Å². The number of allylic oxidation sites excluding steroid dienone is 2. The Balaban J connectivity index is 1.03. The van der Waals surface area contributed by atoms with Crippen molar-refractivity contribution in [2.75, 3.05) is 0 Å². The zero-order valence-electron chi connectivity index (χ0n) is 29.6. The van der Waals surface area contributed by atoms with Crippen LogP contribution in [-0.2, 0) is 0 Å². The molecule has 54 heavy (non-hydrogen) atoms. The Morgan fingerprint density at radius 2 is 1.00 bits per heavy atom. The number of amidine groups is 1. The van der Waals surface area contributed by atoms with Crippen molar-refractivity contribution in [1.29, 1.82) is 0 Å². The van der Waals surface area contributed by atoms with E-state index >= 15 is 0 Å². The van der Waals surface area contributed by atoms with Crippen LogP contribution in [-0.4, -0.2) is 20.3 Å². The summed E-state index contributed by atoms with van der Waals surface area (Å²) in [4.78, 5) is 12.5. The van der Waals surface area contributed by atoms with Crippen molar-refractivity contribution in [3.63, 3.8) is 0 Å². The van der Waals surface area contributed by atoms with E-state index in [0.717, 1.165) is 39.5 Å². The molecule has 10 rings (SSSR count). The molecule has 2 unspecified atom stereocenters. The molecule has 0 aliphatic carbocycles. The second-order valence-electron chi connectivity index (χ2n) is 13.9.